The van der Waals surface area contributed by atoms with E-state index in [-0.39, 0.29) is 0 Å². The molecular formula is C28H42ClF3Si. The number of rotatable bonds is 11. The lowest BCUT2D eigenvalue weighted by Gasteiger charge is -2.37. The predicted molar refractivity (Wildman–Crippen MR) is 138 cm³/mol. The van der Waals surface area contributed by atoms with Crippen LogP contribution in [0.4, 0.5) is 13.2 Å². The maximum atomic E-state index is 14.1. The van der Waals surface area contributed by atoms with Gasteiger partial charge in [0.15, 0.2) is 0 Å². The van der Waals surface area contributed by atoms with E-state index in [0.29, 0.717) is 17.5 Å². The van der Waals surface area contributed by atoms with Gasteiger partial charge in [-0.1, -0.05) is 94.4 Å². The highest BCUT2D eigenvalue weighted by molar-refractivity contribution is 6.58. The molecule has 0 nitrogen and oxygen atoms in total. The van der Waals surface area contributed by atoms with Crippen LogP contribution in [0.3, 0.4) is 0 Å². The third kappa shape index (κ3) is 8.16. The highest BCUT2D eigenvalue weighted by Crippen LogP contribution is 2.42. The molecule has 0 atom stereocenters. The average molecular weight is 499 g/mol. The van der Waals surface area contributed by atoms with Gasteiger partial charge in [0.05, 0.1) is 5.56 Å². The topological polar surface area (TPSA) is 0 Å². The lowest BCUT2D eigenvalue weighted by molar-refractivity contribution is 0.184. The molecule has 2 aliphatic rings. The molecule has 1 heterocycles. The molecular weight excluding hydrogens is 457 g/mol. The summed E-state index contributed by atoms with van der Waals surface area (Å²) in [6, 6.07) is 7.28. The molecule has 3 rings (SSSR count). The van der Waals surface area contributed by atoms with Crippen molar-refractivity contribution in [2.45, 2.75) is 109 Å². The molecule has 186 valence electrons. The van der Waals surface area contributed by atoms with Crippen molar-refractivity contribution in [3.8, 4) is 0 Å². The average Bonchev–Trinajstić information content (AvgIpc) is 2.82. The molecule has 0 N–H and O–H groups in total. The molecule has 0 amide bonds. The van der Waals surface area contributed by atoms with Crippen LogP contribution in [-0.2, 0) is 6.42 Å². The lowest BCUT2D eigenvalue weighted by Crippen LogP contribution is -2.28. The molecule has 1 aromatic carbocycles. The molecule has 5 heteroatoms. The zero-order valence-corrected chi connectivity index (χ0v) is 22.3. The first-order chi connectivity index (χ1) is 16.0. The van der Waals surface area contributed by atoms with Gasteiger partial charge in [0.2, 0.25) is 0 Å². The van der Waals surface area contributed by atoms with Crippen molar-refractivity contribution in [1.29, 1.82) is 0 Å². The fraction of sp³-hybridized carbons (Fsp3) is 0.714. The van der Waals surface area contributed by atoms with Crippen molar-refractivity contribution in [1.82, 2.24) is 0 Å². The highest BCUT2D eigenvalue weighted by atomic mass is 35.5. The fourth-order valence-corrected chi connectivity index (χ4v) is 10.0. The van der Waals surface area contributed by atoms with E-state index in [1.54, 1.807) is 18.1 Å². The van der Waals surface area contributed by atoms with E-state index < -0.39 is 31.8 Å². The summed E-state index contributed by atoms with van der Waals surface area (Å²) in [6.07, 6.45) is 16.7. The van der Waals surface area contributed by atoms with Crippen molar-refractivity contribution >= 4 is 26.2 Å². The zero-order valence-electron chi connectivity index (χ0n) is 20.4. The molecule has 0 aromatic heterocycles. The van der Waals surface area contributed by atoms with Gasteiger partial charge in [-0.05, 0) is 61.1 Å². The Kier molecular flexibility index (Phi) is 11.4. The van der Waals surface area contributed by atoms with Crippen LogP contribution in [0.5, 0.6) is 0 Å². The van der Waals surface area contributed by atoms with Crippen LogP contribution in [0.2, 0.25) is 18.1 Å². The first-order valence-electron chi connectivity index (χ1n) is 13.5. The summed E-state index contributed by atoms with van der Waals surface area (Å²) in [6.45, 7) is 2.31. The SMILES string of the molecule is CCCCC[SiH]1CCC(C2CCC(CCCCc3cc(F)c(C(F)=CCl)c(F)c3)CC2)CC1. The monoisotopic (exact) mass is 498 g/mol. The third-order valence-electron chi connectivity index (χ3n) is 8.43. The van der Waals surface area contributed by atoms with Crippen LogP contribution in [0.1, 0.15) is 95.1 Å². The molecule has 0 unspecified atom stereocenters. The minimum absolute atomic E-state index is 0.399. The molecule has 1 saturated heterocycles. The zero-order chi connectivity index (χ0) is 23.6. The Morgan fingerprint density at radius 3 is 2.18 bits per heavy atom. The van der Waals surface area contributed by atoms with Gasteiger partial charge in [-0.15, -0.1) is 0 Å². The van der Waals surface area contributed by atoms with E-state index in [1.807, 2.05) is 0 Å². The number of halogens is 4. The van der Waals surface area contributed by atoms with E-state index in [2.05, 4.69) is 6.92 Å². The molecule has 0 radical (unpaired) electrons. The van der Waals surface area contributed by atoms with E-state index in [4.69, 9.17) is 11.6 Å². The molecule has 1 aliphatic heterocycles. The van der Waals surface area contributed by atoms with E-state index >= 15 is 0 Å². The van der Waals surface area contributed by atoms with Crippen LogP contribution < -0.4 is 0 Å². The fourth-order valence-electron chi connectivity index (χ4n) is 6.39. The summed E-state index contributed by atoms with van der Waals surface area (Å²) in [5.74, 6) is -0.0349. The molecule has 33 heavy (non-hydrogen) atoms. The van der Waals surface area contributed by atoms with Gasteiger partial charge in [0, 0.05) is 14.3 Å². The second-order valence-corrected chi connectivity index (χ2v) is 14.4. The van der Waals surface area contributed by atoms with Crippen LogP contribution in [0.15, 0.2) is 17.7 Å². The molecule has 2 fully saturated rings. The van der Waals surface area contributed by atoms with Gasteiger partial charge in [0.25, 0.3) is 0 Å². The normalized spacial score (nSPS) is 26.5. The van der Waals surface area contributed by atoms with Crippen LogP contribution in [0, 0.1) is 29.4 Å². The summed E-state index contributed by atoms with van der Waals surface area (Å²) in [5.41, 5.74) is 0.489. The Morgan fingerprint density at radius 1 is 0.939 bits per heavy atom. The van der Waals surface area contributed by atoms with Crippen molar-refractivity contribution in [3.63, 3.8) is 0 Å². The van der Waals surface area contributed by atoms with Crippen LogP contribution in [-0.4, -0.2) is 8.80 Å². The first-order valence-corrected chi connectivity index (χ1v) is 16.3. The van der Waals surface area contributed by atoms with Crippen molar-refractivity contribution < 1.29 is 13.2 Å². The van der Waals surface area contributed by atoms with Gasteiger partial charge in [0.1, 0.15) is 17.5 Å². The standard InChI is InChI=1S/C28H42ClF3Si/c1-2-3-6-15-33-16-13-24(14-17-33)23-11-9-21(10-12-23)7-4-5-8-22-18-25(30)28(26(31)19-22)27(32)20-29/h18-21,23-24,33H,2-17H2,1H3. The Bertz CT molecular complexity index is 727. The Labute approximate surface area is 206 Å². The number of hydrogen-bond donors (Lipinski definition) is 0. The Morgan fingerprint density at radius 2 is 1.58 bits per heavy atom. The quantitative estimate of drug-likeness (QED) is 0.210. The maximum Gasteiger partial charge on any atom is 0.147 e. The van der Waals surface area contributed by atoms with Crippen molar-refractivity contribution in [2.24, 2.45) is 17.8 Å². The number of unbranched alkanes of at least 4 members (excludes halogenated alkanes) is 3. The number of hydrogen-bond acceptors (Lipinski definition) is 0. The largest absolute Gasteiger partial charge is 0.206 e. The molecule has 1 aliphatic carbocycles. The van der Waals surface area contributed by atoms with Crippen LogP contribution >= 0.6 is 11.6 Å². The summed E-state index contributed by atoms with van der Waals surface area (Å²) in [5, 5.41) is 0. The molecule has 1 saturated carbocycles. The smallest absolute Gasteiger partial charge is 0.147 e. The van der Waals surface area contributed by atoms with Gasteiger partial charge >= 0.3 is 0 Å². The first kappa shape index (κ1) is 26.9. The minimum atomic E-state index is -1.07. The Balaban J connectivity index is 1.32. The number of aryl methyl sites for hydroxylation is 1. The number of benzene rings is 1. The van der Waals surface area contributed by atoms with Gasteiger partial charge < -0.3 is 0 Å². The second kappa shape index (κ2) is 14.0. The minimum Gasteiger partial charge on any atom is -0.206 e. The highest BCUT2D eigenvalue weighted by Gasteiger charge is 2.30. The predicted octanol–water partition coefficient (Wildman–Crippen LogP) is 9.82. The molecule has 0 bridgehead atoms. The summed E-state index contributed by atoms with van der Waals surface area (Å²) < 4.78 is 41.6. The van der Waals surface area contributed by atoms with Gasteiger partial charge in [-0.25, -0.2) is 13.2 Å². The summed E-state index contributed by atoms with van der Waals surface area (Å²) in [4.78, 5) is 0. The van der Waals surface area contributed by atoms with Crippen LogP contribution in [0.25, 0.3) is 5.83 Å². The molecule has 0 spiro atoms. The van der Waals surface area contributed by atoms with Gasteiger partial charge in [-0.2, -0.15) is 0 Å². The second-order valence-electron chi connectivity index (χ2n) is 10.7. The third-order valence-corrected chi connectivity index (χ3v) is 12.1. The summed E-state index contributed by atoms with van der Waals surface area (Å²) in [7, 11) is -0.399. The van der Waals surface area contributed by atoms with Crippen molar-refractivity contribution in [2.75, 3.05) is 0 Å². The van der Waals surface area contributed by atoms with Crippen molar-refractivity contribution in [3.05, 3.63) is 40.4 Å². The van der Waals surface area contributed by atoms with Gasteiger partial charge in [-0.3, -0.25) is 0 Å². The van der Waals surface area contributed by atoms with E-state index in [0.717, 1.165) is 30.6 Å². The molecule has 1 aromatic rings. The van der Waals surface area contributed by atoms with E-state index in [9.17, 15) is 13.2 Å². The lowest BCUT2D eigenvalue weighted by atomic mass is 9.73. The maximum absolute atomic E-state index is 14.1. The Hall–Kier alpha value is -0.743. The summed E-state index contributed by atoms with van der Waals surface area (Å²) >= 11 is 5.26. The van der Waals surface area contributed by atoms with E-state index in [1.165, 1.54) is 76.3 Å².